The summed E-state index contributed by atoms with van der Waals surface area (Å²) in [7, 11) is 0. The minimum atomic E-state index is -1.48. The lowest BCUT2D eigenvalue weighted by molar-refractivity contribution is -0.189. The number of hydrogen-bond acceptors (Lipinski definition) is 6. The van der Waals surface area contributed by atoms with Crippen molar-refractivity contribution in [1.82, 2.24) is 5.32 Å². The van der Waals surface area contributed by atoms with Crippen LogP contribution in [-0.4, -0.2) is 58.2 Å². The zero-order chi connectivity index (χ0) is 11.6. The Hall–Kier alpha value is -1.18. The second-order valence-corrected chi connectivity index (χ2v) is 3.32. The number of aliphatic hydroxyl groups is 3. The van der Waals surface area contributed by atoms with E-state index in [1.165, 1.54) is 6.92 Å². The van der Waals surface area contributed by atoms with Crippen LogP contribution in [0, 0.1) is 0 Å². The van der Waals surface area contributed by atoms with Gasteiger partial charge in [-0.15, -0.1) is 0 Å². The Morgan fingerprint density at radius 1 is 1.47 bits per heavy atom. The quantitative estimate of drug-likeness (QED) is 0.371. The van der Waals surface area contributed by atoms with Gasteiger partial charge in [0.2, 0.25) is 5.91 Å². The van der Waals surface area contributed by atoms with Crippen molar-refractivity contribution in [1.29, 1.82) is 0 Å². The predicted molar refractivity (Wildman–Crippen MR) is 46.6 cm³/mol. The molecule has 15 heavy (non-hydrogen) atoms. The Morgan fingerprint density at radius 3 is 2.53 bits per heavy atom. The first-order valence-electron chi connectivity index (χ1n) is 4.42. The molecule has 4 N–H and O–H groups in total. The Morgan fingerprint density at radius 2 is 2.07 bits per heavy atom. The Bertz CT molecular complexity index is 268. The summed E-state index contributed by atoms with van der Waals surface area (Å²) in [5.41, 5.74) is 0. The van der Waals surface area contributed by atoms with Gasteiger partial charge in [0.15, 0.2) is 12.1 Å². The van der Waals surface area contributed by atoms with E-state index >= 15 is 0 Å². The second kappa shape index (κ2) is 4.56. The highest BCUT2D eigenvalue weighted by atomic mass is 16.6. The molecular formula is C8H13NO6. The fraction of sp³-hybridized carbons (Fsp3) is 0.750. The van der Waals surface area contributed by atoms with Gasteiger partial charge in [-0.3, -0.25) is 4.79 Å². The molecule has 0 aromatic heterocycles. The molecule has 1 fully saturated rings. The molecule has 0 unspecified atom stereocenters. The molecule has 1 aliphatic rings. The van der Waals surface area contributed by atoms with Crippen LogP contribution >= 0.6 is 0 Å². The smallest absolute Gasteiger partial charge is 0.331 e. The lowest BCUT2D eigenvalue weighted by atomic mass is 9.98. The highest BCUT2D eigenvalue weighted by molar-refractivity contribution is 5.84. The third kappa shape index (κ3) is 2.44. The normalized spacial score (nSPS) is 35.9. The summed E-state index contributed by atoms with van der Waals surface area (Å²) >= 11 is 0. The molecule has 0 radical (unpaired) electrons. The molecule has 1 heterocycles. The van der Waals surface area contributed by atoms with Crippen molar-refractivity contribution in [3.8, 4) is 0 Å². The number of hydrogen-bond donors (Lipinski definition) is 4. The molecule has 0 saturated carbocycles. The van der Waals surface area contributed by atoms with E-state index in [2.05, 4.69) is 10.1 Å². The molecule has 1 rings (SSSR count). The molecule has 4 atom stereocenters. The van der Waals surface area contributed by atoms with Crippen LogP contribution < -0.4 is 5.32 Å². The molecule has 1 aliphatic heterocycles. The summed E-state index contributed by atoms with van der Waals surface area (Å²) in [5, 5.41) is 29.8. The number of carbonyl (C=O) groups excluding carboxylic acids is 2. The minimum Gasteiger partial charge on any atom is -0.455 e. The van der Waals surface area contributed by atoms with Crippen LogP contribution in [0.2, 0.25) is 0 Å². The number of carbonyl (C=O) groups is 2. The van der Waals surface area contributed by atoms with Crippen LogP contribution in [-0.2, 0) is 14.3 Å². The van der Waals surface area contributed by atoms with Crippen LogP contribution in [0.4, 0.5) is 0 Å². The fourth-order valence-corrected chi connectivity index (χ4v) is 1.36. The minimum absolute atomic E-state index is 0.523. The lowest BCUT2D eigenvalue weighted by Crippen LogP contribution is -2.62. The SMILES string of the molecule is CC(=O)N[C@@H]1C(=O)O[C@H](CO)[C@@H](O)[C@H]1O. The monoisotopic (exact) mass is 219 g/mol. The van der Waals surface area contributed by atoms with Gasteiger partial charge >= 0.3 is 5.97 Å². The van der Waals surface area contributed by atoms with E-state index in [1.54, 1.807) is 0 Å². The highest BCUT2D eigenvalue weighted by Gasteiger charge is 2.44. The zero-order valence-corrected chi connectivity index (χ0v) is 8.08. The maximum atomic E-state index is 11.2. The molecule has 1 saturated heterocycles. The van der Waals surface area contributed by atoms with Gasteiger partial charge in [-0.1, -0.05) is 0 Å². The van der Waals surface area contributed by atoms with Crippen molar-refractivity contribution in [3.63, 3.8) is 0 Å². The largest absolute Gasteiger partial charge is 0.455 e. The third-order valence-electron chi connectivity index (χ3n) is 2.13. The second-order valence-electron chi connectivity index (χ2n) is 3.32. The van der Waals surface area contributed by atoms with Gasteiger partial charge in [-0.05, 0) is 0 Å². The zero-order valence-electron chi connectivity index (χ0n) is 8.08. The first kappa shape index (κ1) is 11.9. The summed E-state index contributed by atoms with van der Waals surface area (Å²) in [6, 6.07) is -1.29. The van der Waals surface area contributed by atoms with E-state index in [-0.39, 0.29) is 0 Å². The van der Waals surface area contributed by atoms with E-state index < -0.39 is 42.8 Å². The highest BCUT2D eigenvalue weighted by Crippen LogP contribution is 2.16. The van der Waals surface area contributed by atoms with Crippen molar-refractivity contribution in [3.05, 3.63) is 0 Å². The van der Waals surface area contributed by atoms with E-state index in [0.717, 1.165) is 0 Å². The number of amides is 1. The molecule has 0 spiro atoms. The molecular weight excluding hydrogens is 206 g/mol. The molecule has 86 valence electrons. The molecule has 0 bridgehead atoms. The third-order valence-corrected chi connectivity index (χ3v) is 2.13. The summed E-state index contributed by atoms with van der Waals surface area (Å²) in [6.45, 7) is 0.585. The Balaban J connectivity index is 2.74. The summed E-state index contributed by atoms with van der Waals surface area (Å²) < 4.78 is 4.62. The molecule has 1 amide bonds. The van der Waals surface area contributed by atoms with Gasteiger partial charge in [0, 0.05) is 6.92 Å². The van der Waals surface area contributed by atoms with Gasteiger partial charge in [0.05, 0.1) is 6.61 Å². The maximum Gasteiger partial charge on any atom is 0.331 e. The molecule has 0 aliphatic carbocycles. The summed E-state index contributed by atoms with van der Waals surface area (Å²) in [6.07, 6.45) is -4.05. The number of rotatable bonds is 2. The summed E-state index contributed by atoms with van der Waals surface area (Å²) in [5.74, 6) is -1.40. The van der Waals surface area contributed by atoms with Crippen LogP contribution in [0.3, 0.4) is 0 Å². The first-order valence-corrected chi connectivity index (χ1v) is 4.42. The van der Waals surface area contributed by atoms with Gasteiger partial charge in [0.1, 0.15) is 12.2 Å². The molecule has 0 aromatic rings. The van der Waals surface area contributed by atoms with E-state index in [4.69, 9.17) is 5.11 Å². The molecule has 7 heteroatoms. The van der Waals surface area contributed by atoms with Crippen molar-refractivity contribution >= 4 is 11.9 Å². The predicted octanol–water partition coefficient (Wildman–Crippen LogP) is -2.87. The first-order chi connectivity index (χ1) is 6.97. The van der Waals surface area contributed by atoms with Crippen LogP contribution in [0.25, 0.3) is 0 Å². The fourth-order valence-electron chi connectivity index (χ4n) is 1.36. The Labute approximate surface area is 85.7 Å². The standard InChI is InChI=1S/C8H13NO6/c1-3(11)9-5-7(13)6(12)4(2-10)15-8(5)14/h4-7,10,12-13H,2H2,1H3,(H,9,11)/t4-,5+,6-,7+/m1/s1. The van der Waals surface area contributed by atoms with Crippen molar-refractivity contribution in [2.24, 2.45) is 0 Å². The average Bonchev–Trinajstić information content (AvgIpc) is 2.18. The number of cyclic esters (lactones) is 1. The van der Waals surface area contributed by atoms with Crippen LogP contribution in [0.1, 0.15) is 6.92 Å². The van der Waals surface area contributed by atoms with E-state index in [0.29, 0.717) is 0 Å². The molecule has 7 nitrogen and oxygen atoms in total. The van der Waals surface area contributed by atoms with Crippen molar-refractivity contribution in [2.75, 3.05) is 6.61 Å². The molecule has 0 aromatic carbocycles. The van der Waals surface area contributed by atoms with Crippen LogP contribution in [0.5, 0.6) is 0 Å². The Kier molecular flexibility index (Phi) is 3.61. The number of ether oxygens (including phenoxy) is 1. The van der Waals surface area contributed by atoms with Crippen LogP contribution in [0.15, 0.2) is 0 Å². The van der Waals surface area contributed by atoms with Crippen molar-refractivity contribution in [2.45, 2.75) is 31.3 Å². The topological polar surface area (TPSA) is 116 Å². The van der Waals surface area contributed by atoms with E-state index in [1.807, 2.05) is 0 Å². The van der Waals surface area contributed by atoms with Gasteiger partial charge in [-0.25, -0.2) is 4.79 Å². The number of esters is 1. The number of nitrogens with one attached hydrogen (secondary N) is 1. The lowest BCUT2D eigenvalue weighted by Gasteiger charge is -2.35. The van der Waals surface area contributed by atoms with Gasteiger partial charge < -0.3 is 25.4 Å². The average molecular weight is 219 g/mol. The summed E-state index contributed by atoms with van der Waals surface area (Å²) in [4.78, 5) is 21.9. The van der Waals surface area contributed by atoms with E-state index in [9.17, 15) is 19.8 Å². The van der Waals surface area contributed by atoms with Gasteiger partial charge in [-0.2, -0.15) is 0 Å². The van der Waals surface area contributed by atoms with Gasteiger partial charge in [0.25, 0.3) is 0 Å². The number of aliphatic hydroxyl groups excluding tert-OH is 3. The maximum absolute atomic E-state index is 11.2. The van der Waals surface area contributed by atoms with Crippen molar-refractivity contribution < 1.29 is 29.6 Å².